The quantitative estimate of drug-likeness (QED) is 0.705. The van der Waals surface area contributed by atoms with Crippen LogP contribution in [0.15, 0.2) is 47.8 Å². The van der Waals surface area contributed by atoms with E-state index in [-0.39, 0.29) is 6.03 Å². The monoisotopic (exact) mass is 351 g/mol. The van der Waals surface area contributed by atoms with Crippen molar-refractivity contribution in [3.63, 3.8) is 0 Å². The summed E-state index contributed by atoms with van der Waals surface area (Å²) in [6.07, 6.45) is 1.96. The van der Waals surface area contributed by atoms with Crippen molar-refractivity contribution < 1.29 is 4.79 Å². The van der Waals surface area contributed by atoms with Gasteiger partial charge in [-0.25, -0.2) is 9.78 Å². The number of rotatable bonds is 2. The summed E-state index contributed by atoms with van der Waals surface area (Å²) in [7, 11) is 0. The van der Waals surface area contributed by atoms with Crippen LogP contribution in [-0.4, -0.2) is 29.0 Å². The number of nitrogens with one attached hydrogen (secondary N) is 1. The number of fused-ring (bicyclic) bond motifs is 1. The molecule has 4 nitrogen and oxygen atoms in total. The topological polar surface area (TPSA) is 45.2 Å². The van der Waals surface area contributed by atoms with Gasteiger partial charge in [0.15, 0.2) is 0 Å². The van der Waals surface area contributed by atoms with Crippen LogP contribution in [-0.2, 0) is 0 Å². The van der Waals surface area contributed by atoms with Gasteiger partial charge in [0.1, 0.15) is 0 Å². The molecule has 0 atom stereocenters. The van der Waals surface area contributed by atoms with Crippen LogP contribution < -0.4 is 5.32 Å². The molecule has 1 fully saturated rings. The molecule has 25 heavy (non-hydrogen) atoms. The van der Waals surface area contributed by atoms with E-state index < -0.39 is 0 Å². The Balaban J connectivity index is 1.42. The Kier molecular flexibility index (Phi) is 4.40. The Morgan fingerprint density at radius 2 is 1.92 bits per heavy atom. The molecule has 0 spiro atoms. The molecule has 2 amide bonds. The number of thiazole rings is 1. The number of piperidine rings is 1. The number of carbonyl (C=O) groups excluding carboxylic acids is 1. The van der Waals surface area contributed by atoms with Crippen LogP contribution in [0.5, 0.6) is 0 Å². The molecule has 2 aromatic carbocycles. The summed E-state index contributed by atoms with van der Waals surface area (Å²) >= 11 is 1.74. The number of anilines is 1. The number of aromatic nitrogens is 1. The van der Waals surface area contributed by atoms with Crippen molar-refractivity contribution in [2.75, 3.05) is 18.4 Å². The third kappa shape index (κ3) is 3.37. The van der Waals surface area contributed by atoms with Crippen molar-refractivity contribution in [2.45, 2.75) is 25.7 Å². The molecule has 0 bridgehead atoms. The van der Waals surface area contributed by atoms with Crippen LogP contribution in [0.3, 0.4) is 0 Å². The first-order valence-electron chi connectivity index (χ1n) is 8.66. The third-order valence-electron chi connectivity index (χ3n) is 4.80. The van der Waals surface area contributed by atoms with Crippen molar-refractivity contribution >= 4 is 33.8 Å². The number of aryl methyl sites for hydroxylation is 1. The highest BCUT2D eigenvalue weighted by Crippen LogP contribution is 2.30. The second kappa shape index (κ2) is 6.84. The largest absolute Gasteiger partial charge is 0.324 e. The summed E-state index contributed by atoms with van der Waals surface area (Å²) in [5, 5.41) is 8.62. The van der Waals surface area contributed by atoms with E-state index in [2.05, 4.69) is 27.8 Å². The predicted molar refractivity (Wildman–Crippen MR) is 103 cm³/mol. The molecule has 1 aromatic heterocycles. The number of likely N-dealkylation sites (tertiary alicyclic amines) is 1. The van der Waals surface area contributed by atoms with Gasteiger partial charge in [-0.2, -0.15) is 0 Å². The highest BCUT2D eigenvalue weighted by atomic mass is 32.1. The Bertz CT molecular complexity index is 891. The standard InChI is InChI=1S/C20H21N3OS/c1-14-13-25-19(21-14)16-9-11-23(12-10-16)20(24)22-18-8-4-6-15-5-2-3-7-17(15)18/h2-8,13,16H,9-12H2,1H3,(H,22,24). The maximum Gasteiger partial charge on any atom is 0.321 e. The molecule has 5 heteroatoms. The third-order valence-corrected chi connectivity index (χ3v) is 5.92. The van der Waals surface area contributed by atoms with E-state index in [1.54, 1.807) is 11.3 Å². The fourth-order valence-electron chi connectivity index (χ4n) is 3.42. The number of hydrogen-bond acceptors (Lipinski definition) is 3. The van der Waals surface area contributed by atoms with Gasteiger partial charge in [0, 0.05) is 35.5 Å². The highest BCUT2D eigenvalue weighted by Gasteiger charge is 2.25. The van der Waals surface area contributed by atoms with Crippen molar-refractivity contribution in [3.05, 3.63) is 58.5 Å². The second-order valence-electron chi connectivity index (χ2n) is 6.55. The average Bonchev–Trinajstić information content (AvgIpc) is 3.08. The number of benzene rings is 2. The zero-order valence-corrected chi connectivity index (χ0v) is 15.1. The fraction of sp³-hybridized carbons (Fsp3) is 0.300. The number of nitrogens with zero attached hydrogens (tertiary/aromatic N) is 2. The summed E-state index contributed by atoms with van der Waals surface area (Å²) in [6.45, 7) is 3.59. The summed E-state index contributed by atoms with van der Waals surface area (Å²) in [6, 6.07) is 14.1. The Morgan fingerprint density at radius 3 is 2.68 bits per heavy atom. The van der Waals surface area contributed by atoms with Crippen molar-refractivity contribution in [1.82, 2.24) is 9.88 Å². The van der Waals surface area contributed by atoms with Crippen LogP contribution in [0.4, 0.5) is 10.5 Å². The number of amides is 2. The molecule has 1 N–H and O–H groups in total. The summed E-state index contributed by atoms with van der Waals surface area (Å²) in [5.74, 6) is 0.486. The van der Waals surface area contributed by atoms with Gasteiger partial charge in [0.25, 0.3) is 0 Å². The number of carbonyl (C=O) groups is 1. The first kappa shape index (κ1) is 16.1. The molecular weight excluding hydrogens is 330 g/mol. The van der Waals surface area contributed by atoms with E-state index in [9.17, 15) is 4.79 Å². The molecule has 0 radical (unpaired) electrons. The Morgan fingerprint density at radius 1 is 1.16 bits per heavy atom. The molecule has 0 aliphatic carbocycles. The van der Waals surface area contributed by atoms with E-state index in [0.717, 1.165) is 48.1 Å². The molecule has 128 valence electrons. The number of urea groups is 1. The SMILES string of the molecule is Cc1csc(C2CCN(C(=O)Nc3cccc4ccccc34)CC2)n1. The molecule has 1 aliphatic heterocycles. The van der Waals surface area contributed by atoms with Crippen LogP contribution in [0.2, 0.25) is 0 Å². The molecule has 3 aromatic rings. The fourth-order valence-corrected chi connectivity index (χ4v) is 4.39. The van der Waals surface area contributed by atoms with Crippen molar-refractivity contribution in [3.8, 4) is 0 Å². The minimum atomic E-state index is -0.00915. The van der Waals surface area contributed by atoms with Crippen LogP contribution in [0.1, 0.15) is 29.5 Å². The maximum absolute atomic E-state index is 12.7. The second-order valence-corrected chi connectivity index (χ2v) is 7.43. The summed E-state index contributed by atoms with van der Waals surface area (Å²) in [5.41, 5.74) is 1.97. The van der Waals surface area contributed by atoms with E-state index in [0.29, 0.717) is 5.92 Å². The summed E-state index contributed by atoms with van der Waals surface area (Å²) in [4.78, 5) is 19.2. The van der Waals surface area contributed by atoms with Crippen molar-refractivity contribution in [1.29, 1.82) is 0 Å². The number of hydrogen-bond donors (Lipinski definition) is 1. The van der Waals surface area contributed by atoms with Gasteiger partial charge in [0.05, 0.1) is 10.7 Å². The van der Waals surface area contributed by atoms with Gasteiger partial charge in [0.2, 0.25) is 0 Å². The van der Waals surface area contributed by atoms with Crippen LogP contribution in [0, 0.1) is 6.92 Å². The molecule has 0 unspecified atom stereocenters. The van der Waals surface area contributed by atoms with Crippen LogP contribution in [0.25, 0.3) is 10.8 Å². The lowest BCUT2D eigenvalue weighted by Gasteiger charge is -2.31. The van der Waals surface area contributed by atoms with E-state index >= 15 is 0 Å². The van der Waals surface area contributed by atoms with Crippen molar-refractivity contribution in [2.24, 2.45) is 0 Å². The molecule has 0 saturated carbocycles. The molecular formula is C20H21N3OS. The average molecular weight is 351 g/mol. The summed E-state index contributed by atoms with van der Waals surface area (Å²) < 4.78 is 0. The predicted octanol–water partition coefficient (Wildman–Crippen LogP) is 5.02. The van der Waals surface area contributed by atoms with E-state index in [4.69, 9.17) is 0 Å². The van der Waals surface area contributed by atoms with Gasteiger partial charge in [-0.15, -0.1) is 11.3 Å². The lowest BCUT2D eigenvalue weighted by molar-refractivity contribution is 0.194. The van der Waals surface area contributed by atoms with Gasteiger partial charge in [-0.05, 0) is 31.2 Å². The minimum Gasteiger partial charge on any atom is -0.324 e. The molecule has 2 heterocycles. The lowest BCUT2D eigenvalue weighted by atomic mass is 9.98. The first-order chi connectivity index (χ1) is 12.2. The maximum atomic E-state index is 12.7. The molecule has 1 saturated heterocycles. The minimum absolute atomic E-state index is 0.00915. The Labute approximate surface area is 151 Å². The van der Waals surface area contributed by atoms with E-state index in [1.165, 1.54) is 5.01 Å². The first-order valence-corrected chi connectivity index (χ1v) is 9.54. The zero-order chi connectivity index (χ0) is 17.2. The molecule has 4 rings (SSSR count). The zero-order valence-electron chi connectivity index (χ0n) is 14.2. The van der Waals surface area contributed by atoms with Gasteiger partial charge in [-0.1, -0.05) is 36.4 Å². The van der Waals surface area contributed by atoms with E-state index in [1.807, 2.05) is 42.2 Å². The normalized spacial score (nSPS) is 15.5. The van der Waals surface area contributed by atoms with Gasteiger partial charge in [-0.3, -0.25) is 0 Å². The smallest absolute Gasteiger partial charge is 0.321 e. The van der Waals surface area contributed by atoms with Gasteiger partial charge < -0.3 is 10.2 Å². The molecule has 1 aliphatic rings. The van der Waals surface area contributed by atoms with Gasteiger partial charge >= 0.3 is 6.03 Å². The van der Waals surface area contributed by atoms with Crippen LogP contribution >= 0.6 is 11.3 Å². The highest BCUT2D eigenvalue weighted by molar-refractivity contribution is 7.09. The lowest BCUT2D eigenvalue weighted by Crippen LogP contribution is -2.40. The Hall–Kier alpha value is -2.40.